The molecule has 1 aliphatic rings. The molecule has 0 bridgehead atoms. The van der Waals surface area contributed by atoms with Gasteiger partial charge in [-0.05, 0) is 30.7 Å². The highest BCUT2D eigenvalue weighted by Crippen LogP contribution is 2.33. The quantitative estimate of drug-likeness (QED) is 0.670. The first kappa shape index (κ1) is 13.1. The molecule has 0 aliphatic carbocycles. The number of ketones is 1. The number of hydrogen-bond donors (Lipinski definition) is 1. The fourth-order valence-corrected chi connectivity index (χ4v) is 2.55. The van der Waals surface area contributed by atoms with Crippen molar-refractivity contribution in [2.24, 2.45) is 0 Å². The largest absolute Gasteiger partial charge is 0.339 e. The van der Waals surface area contributed by atoms with Gasteiger partial charge in [-0.3, -0.25) is 9.59 Å². The molecule has 3 nitrogen and oxygen atoms in total. The molecule has 1 aromatic rings. The molecule has 0 saturated carbocycles. The summed E-state index contributed by atoms with van der Waals surface area (Å²) in [5, 5.41) is 3.41. The lowest BCUT2D eigenvalue weighted by molar-refractivity contribution is -0.124. The third kappa shape index (κ3) is 2.04. The molecule has 0 aromatic heterocycles. The fourth-order valence-electron chi connectivity index (χ4n) is 2.00. The van der Waals surface area contributed by atoms with Crippen LogP contribution < -0.4 is 5.32 Å². The van der Waals surface area contributed by atoms with Gasteiger partial charge in [-0.1, -0.05) is 29.3 Å². The Morgan fingerprint density at radius 1 is 1.28 bits per heavy atom. The molecule has 2 rings (SSSR count). The van der Waals surface area contributed by atoms with E-state index in [0.29, 0.717) is 15.6 Å². The van der Waals surface area contributed by atoms with E-state index in [1.807, 2.05) is 0 Å². The molecular weight excluding hydrogens is 273 g/mol. The van der Waals surface area contributed by atoms with Crippen LogP contribution >= 0.6 is 23.2 Å². The van der Waals surface area contributed by atoms with Gasteiger partial charge in [-0.2, -0.15) is 0 Å². The van der Waals surface area contributed by atoms with E-state index in [0.717, 1.165) is 0 Å². The fraction of sp³-hybridized carbons (Fsp3) is 0.231. The van der Waals surface area contributed by atoms with Crippen LogP contribution in [0.15, 0.2) is 30.9 Å². The molecule has 0 spiro atoms. The number of rotatable bonds is 2. The van der Waals surface area contributed by atoms with Gasteiger partial charge in [0.15, 0.2) is 5.78 Å². The number of halogens is 2. The van der Waals surface area contributed by atoms with Gasteiger partial charge in [-0.25, -0.2) is 0 Å². The van der Waals surface area contributed by atoms with Crippen LogP contribution in [0.2, 0.25) is 10.0 Å². The maximum atomic E-state index is 12.3. The summed E-state index contributed by atoms with van der Waals surface area (Å²) in [4.78, 5) is 24.2. The van der Waals surface area contributed by atoms with Crippen molar-refractivity contribution < 1.29 is 9.59 Å². The van der Waals surface area contributed by atoms with Crippen LogP contribution in [0.1, 0.15) is 18.4 Å². The second-order valence-electron chi connectivity index (χ2n) is 4.40. The van der Waals surface area contributed by atoms with Crippen molar-refractivity contribution in [2.75, 3.05) is 0 Å². The molecule has 94 valence electrons. The van der Waals surface area contributed by atoms with Crippen LogP contribution in [0.4, 0.5) is 0 Å². The number of amides is 1. The summed E-state index contributed by atoms with van der Waals surface area (Å²) in [6.07, 6.45) is 1.43. The lowest BCUT2D eigenvalue weighted by atomic mass is 9.88. The van der Waals surface area contributed by atoms with Gasteiger partial charge >= 0.3 is 0 Å². The van der Waals surface area contributed by atoms with Gasteiger partial charge in [0.2, 0.25) is 5.91 Å². The SMILES string of the molecule is C=CC1(C)NC(=O)C(c2cc(Cl)cc(Cl)c2)C1=O. The average molecular weight is 284 g/mol. The molecule has 1 fully saturated rings. The predicted molar refractivity (Wildman–Crippen MR) is 71.0 cm³/mol. The molecule has 2 unspecified atom stereocenters. The van der Waals surface area contributed by atoms with E-state index in [2.05, 4.69) is 11.9 Å². The summed E-state index contributed by atoms with van der Waals surface area (Å²) >= 11 is 11.8. The van der Waals surface area contributed by atoms with Crippen LogP contribution in [0.5, 0.6) is 0 Å². The van der Waals surface area contributed by atoms with E-state index < -0.39 is 11.5 Å². The topological polar surface area (TPSA) is 46.2 Å². The Morgan fingerprint density at radius 2 is 1.83 bits per heavy atom. The Bertz CT molecular complexity index is 536. The highest BCUT2D eigenvalue weighted by atomic mass is 35.5. The molecule has 0 radical (unpaired) electrons. The van der Waals surface area contributed by atoms with Gasteiger partial charge in [-0.15, -0.1) is 6.58 Å². The molecule has 1 amide bonds. The van der Waals surface area contributed by atoms with Gasteiger partial charge in [0.1, 0.15) is 11.5 Å². The Balaban J connectivity index is 2.48. The Morgan fingerprint density at radius 3 is 2.28 bits per heavy atom. The maximum absolute atomic E-state index is 12.3. The average Bonchev–Trinajstić information content (AvgIpc) is 2.49. The van der Waals surface area contributed by atoms with Crippen molar-refractivity contribution in [3.8, 4) is 0 Å². The Hall–Kier alpha value is -1.32. The normalized spacial score (nSPS) is 27.2. The molecule has 2 atom stereocenters. The highest BCUT2D eigenvalue weighted by Gasteiger charge is 2.48. The smallest absolute Gasteiger partial charge is 0.236 e. The van der Waals surface area contributed by atoms with E-state index in [4.69, 9.17) is 23.2 Å². The van der Waals surface area contributed by atoms with Crippen LogP contribution in [0, 0.1) is 0 Å². The zero-order chi connectivity index (χ0) is 13.5. The van der Waals surface area contributed by atoms with Crippen LogP contribution in [0.3, 0.4) is 0 Å². The summed E-state index contributed by atoms with van der Waals surface area (Å²) in [6, 6.07) is 4.70. The summed E-state index contributed by atoms with van der Waals surface area (Å²) < 4.78 is 0. The number of nitrogens with one attached hydrogen (secondary N) is 1. The minimum absolute atomic E-state index is 0.249. The third-order valence-electron chi connectivity index (χ3n) is 3.05. The predicted octanol–water partition coefficient (Wildman–Crippen LogP) is 2.72. The van der Waals surface area contributed by atoms with Crippen molar-refractivity contribution in [3.63, 3.8) is 0 Å². The zero-order valence-electron chi connectivity index (χ0n) is 9.67. The molecule has 5 heteroatoms. The first-order valence-corrected chi connectivity index (χ1v) is 6.09. The van der Waals surface area contributed by atoms with Gasteiger partial charge in [0.05, 0.1) is 0 Å². The zero-order valence-corrected chi connectivity index (χ0v) is 11.2. The molecule has 1 N–H and O–H groups in total. The summed E-state index contributed by atoms with van der Waals surface area (Å²) in [7, 11) is 0. The van der Waals surface area contributed by atoms with E-state index in [1.54, 1.807) is 25.1 Å². The van der Waals surface area contributed by atoms with Crippen LogP contribution in [0.25, 0.3) is 0 Å². The molecule has 1 saturated heterocycles. The van der Waals surface area contributed by atoms with Gasteiger partial charge in [0, 0.05) is 10.0 Å². The molecule has 1 aliphatic heterocycles. The lowest BCUT2D eigenvalue weighted by Gasteiger charge is -2.16. The molecule has 1 heterocycles. The summed E-state index contributed by atoms with van der Waals surface area (Å²) in [5.74, 6) is -1.49. The standard InChI is InChI=1S/C13H11Cl2NO2/c1-3-13(2)11(17)10(12(18)16-13)7-4-8(14)6-9(15)5-7/h3-6,10H,1H2,2H3,(H,16,18). The van der Waals surface area contributed by atoms with Crippen molar-refractivity contribution in [1.82, 2.24) is 5.32 Å². The van der Waals surface area contributed by atoms with E-state index in [1.165, 1.54) is 6.08 Å². The van der Waals surface area contributed by atoms with E-state index in [-0.39, 0.29) is 11.7 Å². The molecule has 1 aromatic carbocycles. The van der Waals surface area contributed by atoms with Crippen molar-refractivity contribution in [1.29, 1.82) is 0 Å². The Kier molecular flexibility index (Phi) is 3.21. The summed E-state index contributed by atoms with van der Waals surface area (Å²) in [5.41, 5.74) is -0.531. The number of hydrogen-bond acceptors (Lipinski definition) is 2. The number of carbonyl (C=O) groups is 2. The Labute approximate surface area is 115 Å². The minimum Gasteiger partial charge on any atom is -0.339 e. The first-order chi connectivity index (χ1) is 8.37. The van der Waals surface area contributed by atoms with Gasteiger partial charge < -0.3 is 5.32 Å². The van der Waals surface area contributed by atoms with E-state index >= 15 is 0 Å². The van der Waals surface area contributed by atoms with Crippen molar-refractivity contribution in [2.45, 2.75) is 18.4 Å². The summed E-state index contributed by atoms with van der Waals surface area (Å²) in [6.45, 7) is 5.19. The molecule has 18 heavy (non-hydrogen) atoms. The van der Waals surface area contributed by atoms with E-state index in [9.17, 15) is 9.59 Å². The first-order valence-electron chi connectivity index (χ1n) is 5.33. The van der Waals surface area contributed by atoms with Crippen molar-refractivity contribution >= 4 is 34.9 Å². The monoisotopic (exact) mass is 283 g/mol. The lowest BCUT2D eigenvalue weighted by Crippen LogP contribution is -2.40. The van der Waals surface area contributed by atoms with Crippen LogP contribution in [-0.2, 0) is 9.59 Å². The van der Waals surface area contributed by atoms with Gasteiger partial charge in [0.25, 0.3) is 0 Å². The number of Topliss-reactive ketones (excluding diaryl/α,β-unsaturated/α-hetero) is 1. The third-order valence-corrected chi connectivity index (χ3v) is 3.48. The number of carbonyl (C=O) groups excluding carboxylic acids is 2. The minimum atomic E-state index is -1.03. The number of benzene rings is 1. The van der Waals surface area contributed by atoms with Crippen LogP contribution in [-0.4, -0.2) is 17.2 Å². The maximum Gasteiger partial charge on any atom is 0.236 e. The second-order valence-corrected chi connectivity index (χ2v) is 5.27. The van der Waals surface area contributed by atoms with Crippen molar-refractivity contribution in [3.05, 3.63) is 46.5 Å². The molecular formula is C13H11Cl2NO2. The second kappa shape index (κ2) is 4.41. The highest BCUT2D eigenvalue weighted by molar-refractivity contribution is 6.35.